The number of nitrogens with zero attached hydrogens (tertiary/aromatic N) is 7. The molecule has 0 bridgehead atoms. The van der Waals surface area contributed by atoms with Gasteiger partial charge >= 0.3 is 6.03 Å². The first-order chi connectivity index (χ1) is 11.8. The van der Waals surface area contributed by atoms with Crippen molar-refractivity contribution in [3.8, 4) is 0 Å². The van der Waals surface area contributed by atoms with Crippen LogP contribution in [0.3, 0.4) is 0 Å². The Morgan fingerprint density at radius 3 is 2.92 bits per heavy atom. The van der Waals surface area contributed by atoms with Gasteiger partial charge in [-0.15, -0.1) is 16.4 Å². The van der Waals surface area contributed by atoms with Gasteiger partial charge in [0.15, 0.2) is 0 Å². The van der Waals surface area contributed by atoms with Crippen molar-refractivity contribution in [1.82, 2.24) is 40.2 Å². The molecule has 4 rings (SSSR count). The average Bonchev–Trinajstić information content (AvgIpc) is 3.27. The van der Waals surface area contributed by atoms with Crippen LogP contribution in [0.2, 0.25) is 0 Å². The molecule has 1 aliphatic heterocycles. The Balaban J connectivity index is 1.26. The second kappa shape index (κ2) is 6.40. The highest BCUT2D eigenvalue weighted by atomic mass is 32.1. The number of likely N-dealkylation sites (tertiary alicyclic amines) is 1. The van der Waals surface area contributed by atoms with Gasteiger partial charge in [-0.1, -0.05) is 11.3 Å². The Bertz CT molecular complexity index is 791. The van der Waals surface area contributed by atoms with E-state index in [1.54, 1.807) is 33.4 Å². The first-order valence-electron chi connectivity index (χ1n) is 7.58. The van der Waals surface area contributed by atoms with Crippen LogP contribution in [-0.2, 0) is 13.1 Å². The van der Waals surface area contributed by atoms with Crippen molar-refractivity contribution < 1.29 is 4.79 Å². The van der Waals surface area contributed by atoms with Gasteiger partial charge < -0.3 is 10.2 Å². The number of amides is 2. The minimum atomic E-state index is -0.0410. The van der Waals surface area contributed by atoms with Gasteiger partial charge in [-0.3, -0.25) is 0 Å². The maximum absolute atomic E-state index is 12.1. The molecule has 1 fully saturated rings. The highest BCUT2D eigenvalue weighted by Crippen LogP contribution is 2.20. The quantitative estimate of drug-likeness (QED) is 0.737. The normalized spacial score (nSPS) is 14.6. The molecule has 2 amide bonds. The second-order valence-corrected chi connectivity index (χ2v) is 6.58. The monoisotopic (exact) mass is 344 g/mol. The Hall–Kier alpha value is -2.75. The predicted octanol–water partition coefficient (Wildman–Crippen LogP) is 0.746. The fourth-order valence-electron chi connectivity index (χ4n) is 2.51. The molecule has 124 valence electrons. The fraction of sp³-hybridized carbons (Fsp3) is 0.357. The summed E-state index contributed by atoms with van der Waals surface area (Å²) in [5.41, 5.74) is 0.798. The molecule has 0 unspecified atom stereocenters. The van der Waals surface area contributed by atoms with Gasteiger partial charge in [-0.25, -0.2) is 9.48 Å². The zero-order valence-electron chi connectivity index (χ0n) is 12.8. The van der Waals surface area contributed by atoms with E-state index in [4.69, 9.17) is 0 Å². The second-order valence-electron chi connectivity index (χ2n) is 5.55. The molecule has 0 aliphatic carbocycles. The van der Waals surface area contributed by atoms with E-state index in [1.807, 2.05) is 28.4 Å². The number of carbonyl (C=O) groups is 1. The average molecular weight is 344 g/mol. The molecule has 1 N–H and O–H groups in total. The lowest BCUT2D eigenvalue weighted by atomic mass is 10.1. The first kappa shape index (κ1) is 14.8. The van der Waals surface area contributed by atoms with Crippen LogP contribution in [0, 0.1) is 0 Å². The molecule has 1 aliphatic rings. The van der Waals surface area contributed by atoms with Gasteiger partial charge in [0, 0.05) is 18.0 Å². The van der Waals surface area contributed by atoms with E-state index in [0.717, 1.165) is 10.6 Å². The lowest BCUT2D eigenvalue weighted by molar-refractivity contribution is 0.117. The Kier molecular flexibility index (Phi) is 3.95. The van der Waals surface area contributed by atoms with Crippen LogP contribution in [0.1, 0.15) is 16.6 Å². The van der Waals surface area contributed by atoms with E-state index in [0.29, 0.717) is 26.2 Å². The van der Waals surface area contributed by atoms with Crippen LogP contribution in [0.15, 0.2) is 36.1 Å². The summed E-state index contributed by atoms with van der Waals surface area (Å²) in [7, 11) is 0. The third kappa shape index (κ3) is 3.13. The van der Waals surface area contributed by atoms with Crippen LogP contribution >= 0.6 is 11.3 Å². The summed E-state index contributed by atoms with van der Waals surface area (Å²) in [5.74, 6) is 0. The molecular formula is C14H16N8OS. The first-order valence-corrected chi connectivity index (χ1v) is 8.46. The molecule has 0 radical (unpaired) electrons. The number of hydrogen-bond acceptors (Lipinski definition) is 6. The number of urea groups is 1. The molecule has 24 heavy (non-hydrogen) atoms. The van der Waals surface area contributed by atoms with Crippen LogP contribution in [0.25, 0.3) is 0 Å². The van der Waals surface area contributed by atoms with Crippen molar-refractivity contribution >= 4 is 17.4 Å². The van der Waals surface area contributed by atoms with E-state index in [9.17, 15) is 4.79 Å². The van der Waals surface area contributed by atoms with Gasteiger partial charge in [0.2, 0.25) is 0 Å². The number of hydrogen-bond donors (Lipinski definition) is 1. The van der Waals surface area contributed by atoms with Crippen molar-refractivity contribution in [3.63, 3.8) is 0 Å². The Labute approximate surface area is 141 Å². The lowest BCUT2D eigenvalue weighted by Gasteiger charge is -2.38. The molecule has 0 spiro atoms. The maximum Gasteiger partial charge on any atom is 0.317 e. The molecular weight excluding hydrogens is 328 g/mol. The van der Waals surface area contributed by atoms with Gasteiger partial charge in [-0.2, -0.15) is 15.0 Å². The molecule has 1 saturated heterocycles. The summed E-state index contributed by atoms with van der Waals surface area (Å²) < 4.78 is 1.81. The fourth-order valence-corrected chi connectivity index (χ4v) is 3.15. The van der Waals surface area contributed by atoms with Crippen molar-refractivity contribution in [2.45, 2.75) is 19.1 Å². The number of nitrogens with one attached hydrogen (secondary N) is 1. The summed E-state index contributed by atoms with van der Waals surface area (Å²) in [5, 5.41) is 21.3. The standard InChI is InChI=1S/C14H16N8OS/c23-14(15-6-13-2-1-5-24-13)20-9-12(10-20)21-7-11(18-19-21)8-22-16-3-4-17-22/h1-5,7,12H,6,8-10H2,(H,15,23). The van der Waals surface area contributed by atoms with E-state index in [-0.39, 0.29) is 12.1 Å². The van der Waals surface area contributed by atoms with E-state index < -0.39 is 0 Å². The molecule has 0 aromatic carbocycles. The van der Waals surface area contributed by atoms with Gasteiger partial charge in [0.05, 0.1) is 31.2 Å². The van der Waals surface area contributed by atoms with E-state index >= 15 is 0 Å². The minimum Gasteiger partial charge on any atom is -0.333 e. The van der Waals surface area contributed by atoms with Crippen LogP contribution in [-0.4, -0.2) is 54.0 Å². The number of carbonyl (C=O) groups excluding carboxylic acids is 1. The Morgan fingerprint density at radius 1 is 1.33 bits per heavy atom. The number of aromatic nitrogens is 6. The molecule has 3 aromatic rings. The topological polar surface area (TPSA) is 93.8 Å². The maximum atomic E-state index is 12.1. The highest BCUT2D eigenvalue weighted by molar-refractivity contribution is 7.09. The third-order valence-electron chi connectivity index (χ3n) is 3.85. The summed E-state index contributed by atoms with van der Waals surface area (Å²) in [4.78, 5) is 16.5. The summed E-state index contributed by atoms with van der Waals surface area (Å²) >= 11 is 1.64. The smallest absolute Gasteiger partial charge is 0.317 e. The molecule has 0 saturated carbocycles. The van der Waals surface area contributed by atoms with Gasteiger partial charge in [0.1, 0.15) is 12.2 Å². The van der Waals surface area contributed by atoms with Crippen LogP contribution in [0.4, 0.5) is 4.79 Å². The van der Waals surface area contributed by atoms with Crippen molar-refractivity contribution in [2.75, 3.05) is 13.1 Å². The van der Waals surface area contributed by atoms with Crippen LogP contribution < -0.4 is 5.32 Å². The largest absolute Gasteiger partial charge is 0.333 e. The van der Waals surface area contributed by atoms with Crippen LogP contribution in [0.5, 0.6) is 0 Å². The number of thiophene rings is 1. The lowest BCUT2D eigenvalue weighted by Crippen LogP contribution is -2.54. The zero-order valence-corrected chi connectivity index (χ0v) is 13.6. The third-order valence-corrected chi connectivity index (χ3v) is 4.72. The summed E-state index contributed by atoms with van der Waals surface area (Å²) in [6.07, 6.45) is 5.14. The van der Waals surface area contributed by atoms with Gasteiger partial charge in [0.25, 0.3) is 0 Å². The molecule has 9 nitrogen and oxygen atoms in total. The summed E-state index contributed by atoms with van der Waals surface area (Å²) in [6, 6.07) is 4.12. The summed E-state index contributed by atoms with van der Waals surface area (Å²) in [6.45, 7) is 2.34. The predicted molar refractivity (Wildman–Crippen MR) is 86.3 cm³/mol. The van der Waals surface area contributed by atoms with Crippen molar-refractivity contribution in [2.24, 2.45) is 0 Å². The van der Waals surface area contributed by atoms with Gasteiger partial charge in [-0.05, 0) is 11.4 Å². The minimum absolute atomic E-state index is 0.0410. The molecule has 4 heterocycles. The highest BCUT2D eigenvalue weighted by Gasteiger charge is 2.32. The van der Waals surface area contributed by atoms with E-state index in [2.05, 4.69) is 25.8 Å². The molecule has 0 atom stereocenters. The molecule has 3 aromatic heterocycles. The molecule has 10 heteroatoms. The van der Waals surface area contributed by atoms with Crippen molar-refractivity contribution in [1.29, 1.82) is 0 Å². The number of rotatable bonds is 5. The van der Waals surface area contributed by atoms with E-state index in [1.165, 1.54) is 0 Å². The zero-order chi connectivity index (χ0) is 16.4. The van der Waals surface area contributed by atoms with Crippen molar-refractivity contribution in [3.05, 3.63) is 46.7 Å². The Morgan fingerprint density at radius 2 is 2.17 bits per heavy atom. The SMILES string of the molecule is O=C(NCc1cccs1)N1CC(n2cc(Cn3nccn3)nn2)C1.